The highest BCUT2D eigenvalue weighted by Crippen LogP contribution is 2.34. The van der Waals surface area contributed by atoms with Gasteiger partial charge in [-0.2, -0.15) is 0 Å². The van der Waals surface area contributed by atoms with Crippen LogP contribution < -0.4 is 0 Å². The molecule has 5 heterocycles. The van der Waals surface area contributed by atoms with Gasteiger partial charge in [0, 0.05) is 31.1 Å². The second kappa shape index (κ2) is 5.55. The van der Waals surface area contributed by atoms with E-state index in [4.69, 9.17) is 9.40 Å². The minimum Gasteiger partial charge on any atom is -0.438 e. The first kappa shape index (κ1) is 14.9. The number of amides is 1. The molecule has 130 valence electrons. The lowest BCUT2D eigenvalue weighted by Gasteiger charge is -2.33. The number of fused-ring (bicyclic) bond motifs is 2. The van der Waals surface area contributed by atoms with Gasteiger partial charge in [0.2, 0.25) is 5.76 Å². The molecular weight excluding hydrogens is 332 g/mol. The van der Waals surface area contributed by atoms with E-state index < -0.39 is 0 Å². The Labute approximate surface area is 148 Å². The van der Waals surface area contributed by atoms with Gasteiger partial charge in [0.15, 0.2) is 6.39 Å². The lowest BCUT2D eigenvalue weighted by Crippen LogP contribution is -2.41. The summed E-state index contributed by atoms with van der Waals surface area (Å²) in [6, 6.07) is 5.44. The standard InChI is InChI=1S/C18H16N6O2/c1-11-17(26-10-21-11)18(25)24-7-5-12-15(20-9-19-12)16(24)13-8-23-6-3-2-4-14(23)22-13/h2-4,6,8-10,16H,5,7H2,1H3,(H,19,20)/t16-/m0/s1. The Morgan fingerprint density at radius 3 is 3.08 bits per heavy atom. The molecule has 4 aromatic rings. The zero-order valence-corrected chi connectivity index (χ0v) is 14.1. The maximum absolute atomic E-state index is 13.1. The van der Waals surface area contributed by atoms with Gasteiger partial charge in [-0.05, 0) is 19.1 Å². The van der Waals surface area contributed by atoms with E-state index in [0.29, 0.717) is 18.7 Å². The van der Waals surface area contributed by atoms with E-state index in [2.05, 4.69) is 15.0 Å². The largest absolute Gasteiger partial charge is 0.438 e. The number of nitrogens with zero attached hydrogens (tertiary/aromatic N) is 5. The first-order valence-electron chi connectivity index (χ1n) is 8.39. The second-order valence-corrected chi connectivity index (χ2v) is 6.32. The maximum atomic E-state index is 13.1. The third kappa shape index (κ3) is 2.15. The Morgan fingerprint density at radius 2 is 2.27 bits per heavy atom. The topological polar surface area (TPSA) is 92.3 Å². The van der Waals surface area contributed by atoms with Crippen molar-refractivity contribution in [2.45, 2.75) is 19.4 Å². The third-order valence-electron chi connectivity index (χ3n) is 4.79. The van der Waals surface area contributed by atoms with Crippen LogP contribution in [-0.2, 0) is 6.42 Å². The molecule has 0 aromatic carbocycles. The molecule has 0 radical (unpaired) electrons. The molecule has 1 amide bonds. The smallest absolute Gasteiger partial charge is 0.292 e. The molecule has 8 nitrogen and oxygen atoms in total. The van der Waals surface area contributed by atoms with Crippen LogP contribution in [0.25, 0.3) is 5.65 Å². The fourth-order valence-corrected chi connectivity index (χ4v) is 3.52. The Morgan fingerprint density at radius 1 is 1.35 bits per heavy atom. The van der Waals surface area contributed by atoms with Gasteiger partial charge >= 0.3 is 0 Å². The number of carbonyl (C=O) groups excluding carboxylic acids is 1. The van der Waals surface area contributed by atoms with Crippen molar-refractivity contribution in [1.82, 2.24) is 29.2 Å². The average molecular weight is 348 g/mol. The van der Waals surface area contributed by atoms with E-state index in [0.717, 1.165) is 22.7 Å². The summed E-state index contributed by atoms with van der Waals surface area (Å²) in [5.74, 6) is 0.0634. The predicted octanol–water partition coefficient (Wildman–Crippen LogP) is 2.14. The Balaban J connectivity index is 1.64. The van der Waals surface area contributed by atoms with Gasteiger partial charge in [0.05, 0.1) is 23.4 Å². The van der Waals surface area contributed by atoms with Crippen LogP contribution in [0.3, 0.4) is 0 Å². The minimum atomic E-state index is -0.373. The predicted molar refractivity (Wildman–Crippen MR) is 91.6 cm³/mol. The van der Waals surface area contributed by atoms with Crippen LogP contribution >= 0.6 is 0 Å². The summed E-state index contributed by atoms with van der Waals surface area (Å²) in [4.78, 5) is 31.3. The average Bonchev–Trinajstić information content (AvgIpc) is 3.38. The summed E-state index contributed by atoms with van der Waals surface area (Å²) in [5, 5.41) is 0. The highest BCUT2D eigenvalue weighted by Gasteiger charge is 2.37. The van der Waals surface area contributed by atoms with Crippen molar-refractivity contribution < 1.29 is 9.21 Å². The summed E-state index contributed by atoms with van der Waals surface area (Å²) in [6.45, 7) is 2.31. The van der Waals surface area contributed by atoms with E-state index in [1.54, 1.807) is 18.2 Å². The number of aryl methyl sites for hydroxylation is 1. The number of carbonyl (C=O) groups is 1. The number of oxazole rings is 1. The van der Waals surface area contributed by atoms with Crippen molar-refractivity contribution in [2.24, 2.45) is 0 Å². The van der Waals surface area contributed by atoms with E-state index in [9.17, 15) is 4.79 Å². The fraction of sp³-hybridized carbons (Fsp3) is 0.222. The molecule has 0 fully saturated rings. The van der Waals surface area contributed by atoms with Crippen LogP contribution in [0.2, 0.25) is 0 Å². The first-order chi connectivity index (χ1) is 12.7. The summed E-state index contributed by atoms with van der Waals surface area (Å²) in [6.07, 6.45) is 7.55. The number of nitrogens with one attached hydrogen (secondary N) is 1. The van der Waals surface area contributed by atoms with Crippen molar-refractivity contribution in [2.75, 3.05) is 6.54 Å². The number of pyridine rings is 1. The molecular formula is C18H16N6O2. The van der Waals surface area contributed by atoms with E-state index in [-0.39, 0.29) is 17.7 Å². The Kier molecular flexibility index (Phi) is 3.18. The fourth-order valence-electron chi connectivity index (χ4n) is 3.52. The van der Waals surface area contributed by atoms with Crippen LogP contribution in [0.5, 0.6) is 0 Å². The second-order valence-electron chi connectivity index (χ2n) is 6.32. The molecule has 0 unspecified atom stereocenters. The van der Waals surface area contributed by atoms with Gasteiger partial charge in [-0.15, -0.1) is 0 Å². The lowest BCUT2D eigenvalue weighted by atomic mass is 9.99. The molecule has 1 aliphatic rings. The Hall–Kier alpha value is -3.42. The molecule has 4 aromatic heterocycles. The minimum absolute atomic E-state index is 0.198. The van der Waals surface area contributed by atoms with Crippen LogP contribution in [0.4, 0.5) is 0 Å². The van der Waals surface area contributed by atoms with Crippen LogP contribution in [0, 0.1) is 6.92 Å². The maximum Gasteiger partial charge on any atom is 0.292 e. The SMILES string of the molecule is Cc1ncoc1C(=O)N1CCc2[nH]cnc2[C@@H]1c1cn2ccccc2n1. The quantitative estimate of drug-likeness (QED) is 0.599. The number of aromatic amines is 1. The van der Waals surface area contributed by atoms with Gasteiger partial charge in [0.1, 0.15) is 11.7 Å². The van der Waals surface area contributed by atoms with Gasteiger partial charge in [-0.1, -0.05) is 6.07 Å². The molecule has 0 saturated carbocycles. The monoisotopic (exact) mass is 348 g/mol. The van der Waals surface area contributed by atoms with Crippen molar-refractivity contribution in [1.29, 1.82) is 0 Å². The van der Waals surface area contributed by atoms with Crippen LogP contribution in [-0.4, -0.2) is 41.7 Å². The zero-order chi connectivity index (χ0) is 17.7. The molecule has 8 heteroatoms. The van der Waals surface area contributed by atoms with Gasteiger partial charge in [0.25, 0.3) is 5.91 Å². The van der Waals surface area contributed by atoms with E-state index >= 15 is 0 Å². The van der Waals surface area contributed by atoms with Crippen molar-refractivity contribution >= 4 is 11.6 Å². The molecule has 1 atom stereocenters. The van der Waals surface area contributed by atoms with Gasteiger partial charge < -0.3 is 18.7 Å². The molecule has 0 bridgehead atoms. The summed E-state index contributed by atoms with van der Waals surface area (Å²) >= 11 is 0. The molecule has 5 rings (SSSR count). The molecule has 1 N–H and O–H groups in total. The van der Waals surface area contributed by atoms with E-state index in [1.165, 1.54) is 6.39 Å². The van der Waals surface area contributed by atoms with Crippen molar-refractivity contribution in [3.63, 3.8) is 0 Å². The number of hydrogen-bond acceptors (Lipinski definition) is 5. The van der Waals surface area contributed by atoms with Crippen LogP contribution in [0.1, 0.15) is 39.4 Å². The lowest BCUT2D eigenvalue weighted by molar-refractivity contribution is 0.0654. The Bertz CT molecular complexity index is 1070. The highest BCUT2D eigenvalue weighted by molar-refractivity contribution is 5.93. The molecule has 0 aliphatic carbocycles. The first-order valence-corrected chi connectivity index (χ1v) is 8.39. The van der Waals surface area contributed by atoms with Crippen molar-refractivity contribution in [3.8, 4) is 0 Å². The summed E-state index contributed by atoms with van der Waals surface area (Å²) in [7, 11) is 0. The number of hydrogen-bond donors (Lipinski definition) is 1. The zero-order valence-electron chi connectivity index (χ0n) is 14.1. The molecule has 1 aliphatic heterocycles. The van der Waals surface area contributed by atoms with E-state index in [1.807, 2.05) is 35.0 Å². The normalized spacial score (nSPS) is 16.8. The highest BCUT2D eigenvalue weighted by atomic mass is 16.3. The van der Waals surface area contributed by atoms with Gasteiger partial charge in [-0.3, -0.25) is 4.79 Å². The van der Waals surface area contributed by atoms with Crippen molar-refractivity contribution in [3.05, 3.63) is 71.8 Å². The summed E-state index contributed by atoms with van der Waals surface area (Å²) in [5.41, 5.74) is 4.04. The molecule has 0 spiro atoms. The molecule has 0 saturated heterocycles. The third-order valence-corrected chi connectivity index (χ3v) is 4.79. The number of rotatable bonds is 2. The number of aromatic nitrogens is 5. The van der Waals surface area contributed by atoms with Crippen LogP contribution in [0.15, 0.2) is 47.7 Å². The molecule has 26 heavy (non-hydrogen) atoms. The van der Waals surface area contributed by atoms with Gasteiger partial charge in [-0.25, -0.2) is 15.0 Å². The number of H-pyrrole nitrogens is 1. The summed E-state index contributed by atoms with van der Waals surface area (Å²) < 4.78 is 7.28. The number of imidazole rings is 2.